The average molecular weight is 430 g/mol. The lowest BCUT2D eigenvalue weighted by molar-refractivity contribution is -0.384. The Balaban J connectivity index is 2.56. The summed E-state index contributed by atoms with van der Waals surface area (Å²) in [6.07, 6.45) is 2.18. The van der Waals surface area contributed by atoms with Gasteiger partial charge in [0.05, 0.1) is 33.8 Å². The van der Waals surface area contributed by atoms with Crippen molar-refractivity contribution in [2.75, 3.05) is 6.61 Å². The molecule has 0 aliphatic rings. The molecule has 2 aromatic rings. The van der Waals surface area contributed by atoms with Crippen molar-refractivity contribution < 1.29 is 24.0 Å². The van der Waals surface area contributed by atoms with Crippen LogP contribution < -0.4 is 0 Å². The van der Waals surface area contributed by atoms with E-state index in [1.165, 1.54) is 23.9 Å². The molecule has 2 rings (SSSR count). The number of carbonyl (C=O) groups is 1. The summed E-state index contributed by atoms with van der Waals surface area (Å²) >= 11 is 11.6. The number of carbonyl (C=O) groups excluding carboxylic acids is 1. The van der Waals surface area contributed by atoms with Gasteiger partial charge in [-0.2, -0.15) is 0 Å². The topological polar surface area (TPSA) is 107 Å². The van der Waals surface area contributed by atoms with E-state index in [1.807, 2.05) is 0 Å². The fraction of sp³-hybridized carbons (Fsp3) is 0.176. The Hall–Kier alpha value is -2.91. The van der Waals surface area contributed by atoms with Gasteiger partial charge in [-0.1, -0.05) is 23.2 Å². The predicted molar refractivity (Wildman–Crippen MR) is 103 cm³/mol. The highest BCUT2D eigenvalue weighted by Gasteiger charge is 2.20. The number of nitro groups is 1. The maximum Gasteiger partial charge on any atom is 0.343 e. The maximum absolute atomic E-state index is 13.8. The molecule has 1 aromatic carbocycles. The van der Waals surface area contributed by atoms with Gasteiger partial charge in [0, 0.05) is 18.8 Å². The van der Waals surface area contributed by atoms with E-state index in [4.69, 9.17) is 27.9 Å². The number of nitrogens with zero attached hydrogens (tertiary/aromatic N) is 3. The quantitative estimate of drug-likeness (QED) is 0.137. The Morgan fingerprint density at radius 1 is 1.39 bits per heavy atom. The minimum absolute atomic E-state index is 0.00178. The molecule has 148 valence electrons. The van der Waals surface area contributed by atoms with Crippen LogP contribution in [0.1, 0.15) is 12.5 Å². The first-order valence-corrected chi connectivity index (χ1v) is 8.51. The second-order valence-electron chi connectivity index (χ2n) is 5.41. The molecular weight excluding hydrogens is 416 g/mol. The number of esters is 1. The summed E-state index contributed by atoms with van der Waals surface area (Å²) in [5.41, 5.74) is -0.825. The normalized spacial score (nSPS) is 12.2. The Labute approximate surface area is 168 Å². The van der Waals surface area contributed by atoms with Gasteiger partial charge in [-0.15, -0.1) is 0 Å². The van der Waals surface area contributed by atoms with Crippen LogP contribution in [0.5, 0.6) is 0 Å². The number of hydrogen-bond donors (Lipinski definition) is 1. The molecule has 0 saturated heterocycles. The maximum atomic E-state index is 13.8. The number of rotatable bonds is 6. The van der Waals surface area contributed by atoms with Crippen molar-refractivity contribution in [2.24, 2.45) is 12.0 Å². The van der Waals surface area contributed by atoms with Crippen LogP contribution in [0.15, 0.2) is 35.0 Å². The molecule has 8 nitrogen and oxygen atoms in total. The van der Waals surface area contributed by atoms with E-state index >= 15 is 0 Å². The van der Waals surface area contributed by atoms with Gasteiger partial charge in [0.2, 0.25) is 0 Å². The number of aromatic nitrogens is 1. The fourth-order valence-corrected chi connectivity index (χ4v) is 2.64. The monoisotopic (exact) mass is 429 g/mol. The Kier molecular flexibility index (Phi) is 6.76. The highest BCUT2D eigenvalue weighted by atomic mass is 35.5. The van der Waals surface area contributed by atoms with Gasteiger partial charge in [-0.3, -0.25) is 10.1 Å². The highest BCUT2D eigenvalue weighted by Crippen LogP contribution is 2.30. The van der Waals surface area contributed by atoms with E-state index in [2.05, 4.69) is 4.99 Å². The van der Waals surface area contributed by atoms with Crippen LogP contribution in [0.2, 0.25) is 10.0 Å². The van der Waals surface area contributed by atoms with Crippen LogP contribution in [0.25, 0.3) is 5.76 Å². The van der Waals surface area contributed by atoms with Crippen molar-refractivity contribution >= 4 is 52.7 Å². The fourth-order valence-electron chi connectivity index (χ4n) is 2.16. The Morgan fingerprint density at radius 3 is 2.64 bits per heavy atom. The van der Waals surface area contributed by atoms with Gasteiger partial charge in [-0.25, -0.2) is 14.2 Å². The third-order valence-electron chi connectivity index (χ3n) is 3.52. The minimum atomic E-state index is -0.945. The molecule has 0 atom stereocenters. The second kappa shape index (κ2) is 8.85. The summed E-state index contributed by atoms with van der Waals surface area (Å²) in [6, 6.07) is 3.11. The summed E-state index contributed by atoms with van der Waals surface area (Å²) in [7, 11) is 1.51. The predicted octanol–water partition coefficient (Wildman–Crippen LogP) is 4.61. The second-order valence-corrected chi connectivity index (χ2v) is 6.23. The third kappa shape index (κ3) is 4.68. The molecule has 0 saturated carbocycles. The zero-order valence-electron chi connectivity index (χ0n) is 14.6. The summed E-state index contributed by atoms with van der Waals surface area (Å²) in [4.78, 5) is 26.5. The molecule has 0 fully saturated rings. The Morgan fingerprint density at radius 2 is 2.07 bits per heavy atom. The number of halogens is 3. The van der Waals surface area contributed by atoms with Crippen molar-refractivity contribution in [2.45, 2.75) is 6.92 Å². The average Bonchev–Trinajstić information content (AvgIpc) is 2.99. The third-order valence-corrected chi connectivity index (χ3v) is 4.12. The summed E-state index contributed by atoms with van der Waals surface area (Å²) < 4.78 is 20.0. The molecule has 0 aliphatic heterocycles. The lowest BCUT2D eigenvalue weighted by atomic mass is 10.1. The van der Waals surface area contributed by atoms with E-state index in [1.54, 1.807) is 6.92 Å². The van der Waals surface area contributed by atoms with Crippen LogP contribution in [0.3, 0.4) is 0 Å². The first kappa shape index (κ1) is 21.4. The standard InChI is InChI=1S/C17H14Cl2FN3O5/c1-3-28-17(25)11(7-21-15-4-9(23(26)27)8-22(15)2)16(24)10-5-14(20)13(19)6-12(10)18/h4-8,24H,3H2,1-2H3/b16-11+,21-7+. The number of aliphatic hydroxyl groups is 1. The summed E-state index contributed by atoms with van der Waals surface area (Å²) in [5, 5.41) is 21.0. The number of hydrogen-bond acceptors (Lipinski definition) is 6. The molecular formula is C17H14Cl2FN3O5. The van der Waals surface area contributed by atoms with Crippen molar-refractivity contribution in [1.82, 2.24) is 4.57 Å². The smallest absolute Gasteiger partial charge is 0.343 e. The lowest BCUT2D eigenvalue weighted by Crippen LogP contribution is -2.11. The summed E-state index contributed by atoms with van der Waals surface area (Å²) in [6.45, 7) is 1.56. The Bertz CT molecular complexity index is 1000. The summed E-state index contributed by atoms with van der Waals surface area (Å²) in [5.74, 6) is -2.36. The zero-order chi connectivity index (χ0) is 21.0. The lowest BCUT2D eigenvalue weighted by Gasteiger charge is -2.09. The number of benzene rings is 1. The van der Waals surface area contributed by atoms with Crippen LogP contribution in [0, 0.1) is 15.9 Å². The molecule has 1 N–H and O–H groups in total. The van der Waals surface area contributed by atoms with E-state index < -0.39 is 28.0 Å². The number of aliphatic hydroxyl groups excluding tert-OH is 1. The van der Waals surface area contributed by atoms with E-state index in [9.17, 15) is 24.4 Å². The molecule has 1 aromatic heterocycles. The first-order chi connectivity index (χ1) is 13.1. The van der Waals surface area contributed by atoms with Crippen LogP contribution in [-0.2, 0) is 16.6 Å². The van der Waals surface area contributed by atoms with E-state index in [0.717, 1.165) is 18.3 Å². The van der Waals surface area contributed by atoms with Gasteiger partial charge in [0.25, 0.3) is 5.69 Å². The SMILES string of the molecule is CCOC(=O)C(/C=N/c1cc([N+](=O)[O-])cn1C)=C(/O)c1cc(F)c(Cl)cc1Cl. The number of ether oxygens (including phenoxy) is 1. The van der Waals surface area contributed by atoms with Gasteiger partial charge in [-0.05, 0) is 19.1 Å². The molecule has 0 spiro atoms. The van der Waals surface area contributed by atoms with Crippen LogP contribution in [-0.4, -0.2) is 33.4 Å². The molecule has 0 bridgehead atoms. The molecule has 1 heterocycles. The number of aliphatic imine (C=N–C) groups is 1. The minimum Gasteiger partial charge on any atom is -0.506 e. The van der Waals surface area contributed by atoms with Crippen molar-refractivity contribution in [3.63, 3.8) is 0 Å². The van der Waals surface area contributed by atoms with Crippen molar-refractivity contribution in [3.8, 4) is 0 Å². The van der Waals surface area contributed by atoms with Crippen molar-refractivity contribution in [1.29, 1.82) is 0 Å². The number of aryl methyl sites for hydroxylation is 1. The van der Waals surface area contributed by atoms with Crippen LogP contribution in [0.4, 0.5) is 15.9 Å². The first-order valence-electron chi connectivity index (χ1n) is 7.75. The molecule has 11 heteroatoms. The van der Waals surface area contributed by atoms with Crippen molar-refractivity contribution in [3.05, 3.63) is 61.5 Å². The van der Waals surface area contributed by atoms with E-state index in [-0.39, 0.29) is 33.7 Å². The van der Waals surface area contributed by atoms with Gasteiger partial charge in [0.1, 0.15) is 23.0 Å². The highest BCUT2D eigenvalue weighted by molar-refractivity contribution is 6.36. The largest absolute Gasteiger partial charge is 0.506 e. The van der Waals surface area contributed by atoms with Crippen LogP contribution >= 0.6 is 23.2 Å². The molecule has 0 aliphatic carbocycles. The molecule has 0 radical (unpaired) electrons. The zero-order valence-corrected chi connectivity index (χ0v) is 16.2. The molecule has 0 unspecified atom stereocenters. The van der Waals surface area contributed by atoms with E-state index in [0.29, 0.717) is 0 Å². The van der Waals surface area contributed by atoms with Gasteiger partial charge >= 0.3 is 5.97 Å². The molecule has 28 heavy (non-hydrogen) atoms. The van der Waals surface area contributed by atoms with Gasteiger partial charge in [0.15, 0.2) is 0 Å². The molecule has 0 amide bonds. The van der Waals surface area contributed by atoms with Gasteiger partial charge < -0.3 is 14.4 Å².